The van der Waals surface area contributed by atoms with Crippen LogP contribution < -0.4 is 5.32 Å². The number of benzene rings is 1. The molecule has 0 saturated carbocycles. The van der Waals surface area contributed by atoms with Crippen molar-refractivity contribution in [2.24, 2.45) is 5.41 Å². The lowest BCUT2D eigenvalue weighted by Crippen LogP contribution is -2.28. The van der Waals surface area contributed by atoms with Gasteiger partial charge in [0.25, 0.3) is 5.95 Å². The first kappa shape index (κ1) is 18.6. The van der Waals surface area contributed by atoms with Gasteiger partial charge in [-0.25, -0.2) is 14.6 Å². The van der Waals surface area contributed by atoms with Crippen LogP contribution in [0.3, 0.4) is 0 Å². The number of carbonyl (C=O) groups is 1. The van der Waals surface area contributed by atoms with Gasteiger partial charge in [0.05, 0.1) is 11.3 Å². The van der Waals surface area contributed by atoms with Gasteiger partial charge in [0, 0.05) is 28.5 Å². The van der Waals surface area contributed by atoms with E-state index in [4.69, 9.17) is 16.7 Å². The Morgan fingerprint density at radius 2 is 1.71 bits per heavy atom. The summed E-state index contributed by atoms with van der Waals surface area (Å²) in [5.74, 6) is 1.10. The summed E-state index contributed by atoms with van der Waals surface area (Å²) in [6.45, 7) is 8.05. The number of nitrogens with one attached hydrogen (secondary N) is 1. The second-order valence-electron chi connectivity index (χ2n) is 8.11. The third-order valence-corrected chi connectivity index (χ3v) is 5.06. The van der Waals surface area contributed by atoms with Crippen molar-refractivity contribution in [2.75, 3.05) is 5.32 Å². The Kier molecular flexibility index (Phi) is 4.46. The van der Waals surface area contributed by atoms with Crippen LogP contribution in [0, 0.1) is 19.3 Å². The minimum atomic E-state index is -0.141. The first-order chi connectivity index (χ1) is 13.2. The number of aromatic nitrogens is 4. The van der Waals surface area contributed by atoms with Crippen LogP contribution in [0.15, 0.2) is 30.3 Å². The molecule has 0 spiro atoms. The fraction of sp³-hybridized carbons (Fsp3) is 0.333. The average molecular weight is 396 g/mol. The standard InChI is InChI=1S/C21H22ClN5O/c1-12-9-13(2)24-20(23-12)27-16-10-21(3,4)11-17(28)18(16)19(26-27)25-15-7-5-14(22)6-8-15/h5-9H,10-11H2,1-4H3,(H,25,26). The van der Waals surface area contributed by atoms with E-state index < -0.39 is 0 Å². The van der Waals surface area contributed by atoms with Gasteiger partial charge in [-0.1, -0.05) is 25.4 Å². The van der Waals surface area contributed by atoms with E-state index >= 15 is 0 Å². The topological polar surface area (TPSA) is 72.7 Å². The number of halogens is 1. The van der Waals surface area contributed by atoms with Crippen molar-refractivity contribution < 1.29 is 4.79 Å². The van der Waals surface area contributed by atoms with E-state index in [0.29, 0.717) is 28.8 Å². The summed E-state index contributed by atoms with van der Waals surface area (Å²) in [7, 11) is 0. The SMILES string of the molecule is Cc1cc(C)nc(-n2nc(Nc3ccc(Cl)cc3)c3c2CC(C)(C)CC3=O)n1. The van der Waals surface area contributed by atoms with Gasteiger partial charge in [-0.3, -0.25) is 4.79 Å². The van der Waals surface area contributed by atoms with Crippen molar-refractivity contribution in [3.8, 4) is 5.95 Å². The van der Waals surface area contributed by atoms with Crippen molar-refractivity contribution in [3.63, 3.8) is 0 Å². The average Bonchev–Trinajstić information content (AvgIpc) is 2.93. The lowest BCUT2D eigenvalue weighted by Gasteiger charge is -2.28. The van der Waals surface area contributed by atoms with Crippen LogP contribution in [0.1, 0.15) is 47.7 Å². The van der Waals surface area contributed by atoms with Gasteiger partial charge in [-0.2, -0.15) is 0 Å². The normalized spacial score (nSPS) is 15.4. The highest BCUT2D eigenvalue weighted by atomic mass is 35.5. The predicted octanol–water partition coefficient (Wildman–Crippen LogP) is 4.83. The van der Waals surface area contributed by atoms with Crippen LogP contribution in [0.4, 0.5) is 11.5 Å². The molecule has 0 aliphatic heterocycles. The second kappa shape index (κ2) is 6.71. The van der Waals surface area contributed by atoms with Gasteiger partial charge >= 0.3 is 0 Å². The number of hydrogen-bond acceptors (Lipinski definition) is 5. The number of fused-ring (bicyclic) bond motifs is 1. The van der Waals surface area contributed by atoms with Crippen LogP contribution in [0.2, 0.25) is 5.02 Å². The highest BCUT2D eigenvalue weighted by Crippen LogP contribution is 2.39. The zero-order valence-electron chi connectivity index (χ0n) is 16.4. The monoisotopic (exact) mass is 395 g/mol. The van der Waals surface area contributed by atoms with E-state index in [1.54, 1.807) is 16.8 Å². The van der Waals surface area contributed by atoms with E-state index in [0.717, 1.165) is 29.2 Å². The summed E-state index contributed by atoms with van der Waals surface area (Å²) in [5.41, 5.74) is 3.87. The van der Waals surface area contributed by atoms with Crippen molar-refractivity contribution in [1.29, 1.82) is 0 Å². The largest absolute Gasteiger partial charge is 0.338 e. The van der Waals surface area contributed by atoms with Crippen molar-refractivity contribution in [2.45, 2.75) is 40.5 Å². The molecule has 1 aliphatic rings. The number of rotatable bonds is 3. The molecule has 4 rings (SSSR count). The van der Waals surface area contributed by atoms with Crippen LogP contribution in [0.5, 0.6) is 0 Å². The second-order valence-corrected chi connectivity index (χ2v) is 8.54. The maximum atomic E-state index is 13.0. The minimum Gasteiger partial charge on any atom is -0.338 e. The molecule has 0 amide bonds. The smallest absolute Gasteiger partial charge is 0.251 e. The first-order valence-electron chi connectivity index (χ1n) is 9.22. The Labute approximate surface area is 169 Å². The Morgan fingerprint density at radius 1 is 1.07 bits per heavy atom. The third kappa shape index (κ3) is 3.52. The lowest BCUT2D eigenvalue weighted by molar-refractivity contribution is 0.0911. The van der Waals surface area contributed by atoms with E-state index in [-0.39, 0.29) is 11.2 Å². The molecule has 6 nitrogen and oxygen atoms in total. The van der Waals surface area contributed by atoms with Gasteiger partial charge < -0.3 is 5.32 Å². The van der Waals surface area contributed by atoms with Gasteiger partial charge in [0.2, 0.25) is 0 Å². The van der Waals surface area contributed by atoms with E-state index in [1.165, 1.54) is 0 Å². The molecule has 144 valence electrons. The number of hydrogen-bond donors (Lipinski definition) is 1. The van der Waals surface area contributed by atoms with Crippen molar-refractivity contribution in [3.05, 3.63) is 58.0 Å². The molecule has 1 aliphatic carbocycles. The fourth-order valence-electron chi connectivity index (χ4n) is 3.67. The predicted molar refractivity (Wildman–Crippen MR) is 110 cm³/mol. The molecular formula is C21H22ClN5O. The van der Waals surface area contributed by atoms with Crippen molar-refractivity contribution >= 4 is 28.9 Å². The molecule has 28 heavy (non-hydrogen) atoms. The van der Waals surface area contributed by atoms with Gasteiger partial charge in [0.15, 0.2) is 11.6 Å². The Bertz CT molecular complexity index is 1050. The summed E-state index contributed by atoms with van der Waals surface area (Å²) >= 11 is 5.98. The molecule has 0 unspecified atom stereocenters. The summed E-state index contributed by atoms with van der Waals surface area (Å²) in [6, 6.07) is 9.23. The molecule has 0 atom stereocenters. The van der Waals surface area contributed by atoms with Crippen LogP contribution >= 0.6 is 11.6 Å². The summed E-state index contributed by atoms with van der Waals surface area (Å²) in [5, 5.41) is 8.63. The third-order valence-electron chi connectivity index (χ3n) is 4.81. The van der Waals surface area contributed by atoms with Gasteiger partial charge in [-0.15, -0.1) is 5.10 Å². The Balaban J connectivity index is 1.87. The molecule has 3 aromatic rings. The molecule has 2 aromatic heterocycles. The molecule has 1 N–H and O–H groups in total. The fourth-order valence-corrected chi connectivity index (χ4v) is 3.80. The maximum Gasteiger partial charge on any atom is 0.251 e. The molecule has 2 heterocycles. The first-order valence-corrected chi connectivity index (χ1v) is 9.60. The number of nitrogens with zero attached hydrogens (tertiary/aromatic N) is 4. The minimum absolute atomic E-state index is 0.0818. The highest BCUT2D eigenvalue weighted by molar-refractivity contribution is 6.30. The molecular weight excluding hydrogens is 374 g/mol. The summed E-state index contributed by atoms with van der Waals surface area (Å²) in [4.78, 5) is 22.1. The maximum absolute atomic E-state index is 13.0. The number of ketones is 1. The van der Waals surface area contributed by atoms with Crippen LogP contribution in [0.25, 0.3) is 5.95 Å². The molecule has 0 fully saturated rings. The zero-order valence-corrected chi connectivity index (χ0v) is 17.1. The van der Waals surface area contributed by atoms with E-state index in [2.05, 4.69) is 29.1 Å². The van der Waals surface area contributed by atoms with Crippen molar-refractivity contribution in [1.82, 2.24) is 19.7 Å². The van der Waals surface area contributed by atoms with Gasteiger partial charge in [0.1, 0.15) is 0 Å². The Hall–Kier alpha value is -2.73. The van der Waals surface area contributed by atoms with E-state index in [9.17, 15) is 4.79 Å². The number of carbonyl (C=O) groups excluding carboxylic acids is 1. The Morgan fingerprint density at radius 3 is 2.36 bits per heavy atom. The number of Topliss-reactive ketones (excluding diaryl/α,β-unsaturated/α-hetero) is 1. The molecule has 7 heteroatoms. The quantitative estimate of drug-likeness (QED) is 0.687. The lowest BCUT2D eigenvalue weighted by atomic mass is 9.76. The van der Waals surface area contributed by atoms with Crippen LogP contribution in [-0.4, -0.2) is 25.5 Å². The van der Waals surface area contributed by atoms with Gasteiger partial charge in [-0.05, 0) is 56.0 Å². The molecule has 1 aromatic carbocycles. The molecule has 0 saturated heterocycles. The summed E-state index contributed by atoms with van der Waals surface area (Å²) < 4.78 is 1.71. The van der Waals surface area contributed by atoms with E-state index in [1.807, 2.05) is 32.0 Å². The highest BCUT2D eigenvalue weighted by Gasteiger charge is 2.37. The van der Waals surface area contributed by atoms with Crippen LogP contribution in [-0.2, 0) is 6.42 Å². The zero-order chi connectivity index (χ0) is 20.1. The molecule has 0 bridgehead atoms. The number of anilines is 2. The summed E-state index contributed by atoms with van der Waals surface area (Å²) in [6.07, 6.45) is 1.20. The number of aryl methyl sites for hydroxylation is 2. The molecule has 0 radical (unpaired) electrons.